The fourth-order valence-electron chi connectivity index (χ4n) is 2.20. The van der Waals surface area contributed by atoms with Crippen molar-refractivity contribution in [3.63, 3.8) is 0 Å². The lowest BCUT2D eigenvalue weighted by Crippen LogP contribution is -2.22. The molecule has 0 saturated heterocycles. The molecule has 2 rings (SSSR count). The van der Waals surface area contributed by atoms with E-state index in [1.165, 1.54) is 0 Å². The molecule has 20 heavy (non-hydrogen) atoms. The molecule has 2 aromatic rings. The van der Waals surface area contributed by atoms with Gasteiger partial charge in [0.1, 0.15) is 6.10 Å². The lowest BCUT2D eigenvalue weighted by atomic mass is 9.98. The number of ether oxygens (including phenoxy) is 1. The molecule has 0 aliphatic rings. The van der Waals surface area contributed by atoms with Gasteiger partial charge in [-0.25, -0.2) is 0 Å². The zero-order chi connectivity index (χ0) is 14.5. The molecule has 0 radical (unpaired) electrons. The maximum Gasteiger partial charge on any atom is 0.108 e. The Morgan fingerprint density at radius 3 is 2.40 bits per heavy atom. The molecule has 0 aliphatic carbocycles. The van der Waals surface area contributed by atoms with Gasteiger partial charge in [0.25, 0.3) is 0 Å². The van der Waals surface area contributed by atoms with Crippen molar-refractivity contribution in [2.45, 2.75) is 18.6 Å². The van der Waals surface area contributed by atoms with Gasteiger partial charge in [0.15, 0.2) is 0 Å². The van der Waals surface area contributed by atoms with Crippen molar-refractivity contribution in [2.24, 2.45) is 0 Å². The summed E-state index contributed by atoms with van der Waals surface area (Å²) in [4.78, 5) is 0. The topological polar surface area (TPSA) is 29.5 Å². The first kappa shape index (κ1) is 15.3. The molecule has 0 heterocycles. The molecule has 2 nitrogen and oxygen atoms in total. The van der Waals surface area contributed by atoms with Crippen LogP contribution in [0.5, 0.6) is 0 Å². The van der Waals surface area contributed by atoms with Crippen molar-refractivity contribution in [1.82, 2.24) is 0 Å². The van der Waals surface area contributed by atoms with E-state index >= 15 is 0 Å². The molecule has 2 atom stereocenters. The molecule has 0 aliphatic heterocycles. The molecular formula is C16H16Cl2O2. The van der Waals surface area contributed by atoms with Crippen molar-refractivity contribution in [3.05, 3.63) is 69.7 Å². The number of methoxy groups -OCH3 is 1. The van der Waals surface area contributed by atoms with Crippen LogP contribution in [0.15, 0.2) is 48.5 Å². The Bertz CT molecular complexity index is 558. The van der Waals surface area contributed by atoms with Gasteiger partial charge in [0.2, 0.25) is 0 Å². The highest BCUT2D eigenvalue weighted by atomic mass is 35.5. The van der Waals surface area contributed by atoms with E-state index in [9.17, 15) is 5.11 Å². The molecule has 1 N–H and O–H groups in total. The van der Waals surface area contributed by atoms with Gasteiger partial charge in [-0.15, -0.1) is 0 Å². The number of benzene rings is 2. The highest BCUT2D eigenvalue weighted by Crippen LogP contribution is 2.29. The van der Waals surface area contributed by atoms with Gasteiger partial charge in [-0.1, -0.05) is 65.7 Å². The van der Waals surface area contributed by atoms with E-state index in [-0.39, 0.29) is 0 Å². The Balaban J connectivity index is 2.18. The molecular weight excluding hydrogens is 295 g/mol. The lowest BCUT2D eigenvalue weighted by Gasteiger charge is -2.22. The Morgan fingerprint density at radius 1 is 1.05 bits per heavy atom. The predicted molar refractivity (Wildman–Crippen MR) is 82.4 cm³/mol. The van der Waals surface area contributed by atoms with Crippen LogP contribution in [0.2, 0.25) is 10.0 Å². The summed E-state index contributed by atoms with van der Waals surface area (Å²) in [7, 11) is 1.58. The van der Waals surface area contributed by atoms with Crippen molar-refractivity contribution in [3.8, 4) is 0 Å². The van der Waals surface area contributed by atoms with Gasteiger partial charge in [0.05, 0.1) is 16.1 Å². The lowest BCUT2D eigenvalue weighted by molar-refractivity contribution is -0.0128. The van der Waals surface area contributed by atoms with Crippen LogP contribution < -0.4 is 0 Å². The maximum absolute atomic E-state index is 10.4. The third-order valence-corrected chi connectivity index (χ3v) is 4.05. The first-order valence-corrected chi connectivity index (χ1v) is 7.07. The first-order valence-electron chi connectivity index (χ1n) is 6.32. The minimum absolute atomic E-state index is 0.382. The predicted octanol–water partition coefficient (Wildman–Crippen LogP) is 4.28. The second-order valence-electron chi connectivity index (χ2n) is 4.55. The SMILES string of the molecule is COC(c1ccccc1)C(O)Cc1cccc(Cl)c1Cl. The fraction of sp³-hybridized carbons (Fsp3) is 0.250. The molecule has 0 spiro atoms. The van der Waals surface area contributed by atoms with Crippen LogP contribution in [0.1, 0.15) is 17.2 Å². The van der Waals surface area contributed by atoms with E-state index < -0.39 is 12.2 Å². The molecule has 0 saturated carbocycles. The van der Waals surface area contributed by atoms with Gasteiger partial charge in [-0.3, -0.25) is 0 Å². The van der Waals surface area contributed by atoms with Gasteiger partial charge in [-0.05, 0) is 17.2 Å². The molecule has 106 valence electrons. The van der Waals surface area contributed by atoms with Gasteiger partial charge >= 0.3 is 0 Å². The largest absolute Gasteiger partial charge is 0.390 e. The molecule has 0 fully saturated rings. The third kappa shape index (κ3) is 3.53. The smallest absolute Gasteiger partial charge is 0.108 e. The number of halogens is 2. The minimum Gasteiger partial charge on any atom is -0.390 e. The van der Waals surface area contributed by atoms with E-state index in [4.69, 9.17) is 27.9 Å². The zero-order valence-electron chi connectivity index (χ0n) is 11.1. The molecule has 0 aromatic heterocycles. The number of aliphatic hydroxyl groups excluding tert-OH is 1. The number of rotatable bonds is 5. The molecule has 2 unspecified atom stereocenters. The average molecular weight is 311 g/mol. The summed E-state index contributed by atoms with van der Waals surface area (Å²) in [6.07, 6.45) is -0.711. The van der Waals surface area contributed by atoms with Gasteiger partial charge < -0.3 is 9.84 Å². The first-order chi connectivity index (χ1) is 9.63. The summed E-state index contributed by atoms with van der Waals surface area (Å²) in [6.45, 7) is 0. The van der Waals surface area contributed by atoms with Crippen LogP contribution in [-0.2, 0) is 11.2 Å². The summed E-state index contributed by atoms with van der Waals surface area (Å²) >= 11 is 12.1. The monoisotopic (exact) mass is 310 g/mol. The van der Waals surface area contributed by atoms with Crippen molar-refractivity contribution >= 4 is 23.2 Å². The minimum atomic E-state index is -0.696. The summed E-state index contributed by atoms with van der Waals surface area (Å²) < 4.78 is 5.41. The van der Waals surface area contributed by atoms with E-state index in [2.05, 4.69) is 0 Å². The molecule has 0 amide bonds. The van der Waals surface area contributed by atoms with Crippen molar-refractivity contribution in [2.75, 3.05) is 7.11 Å². The number of hydrogen-bond acceptors (Lipinski definition) is 2. The van der Waals surface area contributed by atoms with Crippen LogP contribution in [0.3, 0.4) is 0 Å². The van der Waals surface area contributed by atoms with Crippen LogP contribution >= 0.6 is 23.2 Å². The third-order valence-electron chi connectivity index (χ3n) is 3.19. The van der Waals surface area contributed by atoms with Crippen LogP contribution in [0, 0.1) is 0 Å². The zero-order valence-corrected chi connectivity index (χ0v) is 12.6. The second-order valence-corrected chi connectivity index (χ2v) is 5.34. The Labute approximate surface area is 128 Å². The quantitative estimate of drug-likeness (QED) is 0.893. The average Bonchev–Trinajstić information content (AvgIpc) is 2.46. The fourth-order valence-corrected chi connectivity index (χ4v) is 2.59. The van der Waals surface area contributed by atoms with E-state index in [0.717, 1.165) is 11.1 Å². The molecule has 0 bridgehead atoms. The summed E-state index contributed by atoms with van der Waals surface area (Å²) in [5.74, 6) is 0. The van der Waals surface area contributed by atoms with Crippen LogP contribution in [0.25, 0.3) is 0 Å². The van der Waals surface area contributed by atoms with Crippen molar-refractivity contribution in [1.29, 1.82) is 0 Å². The highest BCUT2D eigenvalue weighted by molar-refractivity contribution is 6.42. The summed E-state index contributed by atoms with van der Waals surface area (Å²) in [5, 5.41) is 11.4. The Hall–Kier alpha value is -1.06. The standard InChI is InChI=1S/C16H16Cl2O2/c1-20-16(11-6-3-2-4-7-11)14(19)10-12-8-5-9-13(17)15(12)18/h2-9,14,16,19H,10H2,1H3. The number of hydrogen-bond donors (Lipinski definition) is 1. The van der Waals surface area contributed by atoms with Gasteiger partial charge in [-0.2, -0.15) is 0 Å². The molecule has 2 aromatic carbocycles. The van der Waals surface area contributed by atoms with Gasteiger partial charge in [0, 0.05) is 13.5 Å². The summed E-state index contributed by atoms with van der Waals surface area (Å²) in [6, 6.07) is 15.0. The van der Waals surface area contributed by atoms with Crippen LogP contribution in [0.4, 0.5) is 0 Å². The normalized spacial score (nSPS) is 14.0. The Kier molecular flexibility index (Phi) is 5.44. The van der Waals surface area contributed by atoms with Crippen molar-refractivity contribution < 1.29 is 9.84 Å². The van der Waals surface area contributed by atoms with E-state index in [1.54, 1.807) is 13.2 Å². The van der Waals surface area contributed by atoms with E-state index in [1.807, 2.05) is 42.5 Å². The maximum atomic E-state index is 10.4. The van der Waals surface area contributed by atoms with E-state index in [0.29, 0.717) is 16.5 Å². The number of aliphatic hydroxyl groups is 1. The Morgan fingerprint density at radius 2 is 1.75 bits per heavy atom. The summed E-state index contributed by atoms with van der Waals surface area (Å²) in [5.41, 5.74) is 1.74. The van der Waals surface area contributed by atoms with Crippen LogP contribution in [-0.4, -0.2) is 18.3 Å². The second kappa shape index (κ2) is 7.09. The molecule has 4 heteroatoms. The highest BCUT2D eigenvalue weighted by Gasteiger charge is 2.22.